The van der Waals surface area contributed by atoms with E-state index in [1.54, 1.807) is 6.92 Å². The summed E-state index contributed by atoms with van der Waals surface area (Å²) in [6.45, 7) is 1.89. The first kappa shape index (κ1) is 9.90. The predicted molar refractivity (Wildman–Crippen MR) is 34.9 cm³/mol. The van der Waals surface area contributed by atoms with Crippen LogP contribution in [0.1, 0.15) is 13.3 Å². The van der Waals surface area contributed by atoms with E-state index in [2.05, 4.69) is 4.74 Å². The Labute approximate surface area is 63.6 Å². The number of carboxylic acid groups (broad SMARTS) is 1. The maximum absolute atomic E-state index is 10.5. The highest BCUT2D eigenvalue weighted by atomic mass is 16.6. The summed E-state index contributed by atoms with van der Waals surface area (Å²) >= 11 is 0. The second-order valence-electron chi connectivity index (χ2n) is 1.91. The van der Waals surface area contributed by atoms with Crippen molar-refractivity contribution >= 4 is 11.9 Å². The minimum atomic E-state index is -2.05. The first-order chi connectivity index (χ1) is 5.09. The Kier molecular flexibility index (Phi) is 4.21. The van der Waals surface area contributed by atoms with E-state index < -0.39 is 18.0 Å². The third kappa shape index (κ3) is 3.57. The van der Waals surface area contributed by atoms with Crippen LogP contribution in [0.4, 0.5) is 0 Å². The van der Waals surface area contributed by atoms with Crippen LogP contribution in [0.15, 0.2) is 0 Å². The first-order valence-electron chi connectivity index (χ1n) is 3.17. The molecular weight excluding hydrogens is 152 g/mol. The highest BCUT2D eigenvalue weighted by molar-refractivity contribution is 5.96. The molecule has 0 radical (unpaired) electrons. The molecule has 0 aliphatic rings. The molecule has 0 spiro atoms. The summed E-state index contributed by atoms with van der Waals surface area (Å²) in [6.07, 6.45) is -1.46. The quantitative estimate of drug-likeness (QED) is 0.425. The van der Waals surface area contributed by atoms with Crippen molar-refractivity contribution in [3.63, 3.8) is 0 Å². The van der Waals surface area contributed by atoms with E-state index in [1.807, 2.05) is 0 Å². The molecule has 2 N–H and O–H groups in total. The van der Waals surface area contributed by atoms with Crippen LogP contribution in [-0.2, 0) is 14.3 Å². The van der Waals surface area contributed by atoms with Gasteiger partial charge in [0.1, 0.15) is 0 Å². The van der Waals surface area contributed by atoms with E-state index in [4.69, 9.17) is 10.2 Å². The molecule has 0 rings (SSSR count). The highest BCUT2D eigenvalue weighted by Crippen LogP contribution is 1.89. The van der Waals surface area contributed by atoms with Gasteiger partial charge in [-0.2, -0.15) is 0 Å². The number of aliphatic hydroxyl groups excluding tert-OH is 1. The topological polar surface area (TPSA) is 83.8 Å². The summed E-state index contributed by atoms with van der Waals surface area (Å²) in [5.41, 5.74) is 0. The zero-order valence-corrected chi connectivity index (χ0v) is 6.11. The standard InChI is InChI=1S/C6H10O5/c1-2-3-11-6(10)4(7)5(8)9/h4,7H,2-3H2,1H3,(H,8,9). The number of hydrogen-bond donors (Lipinski definition) is 2. The molecule has 1 atom stereocenters. The Morgan fingerprint density at radius 2 is 2.09 bits per heavy atom. The molecular formula is C6H10O5. The first-order valence-corrected chi connectivity index (χ1v) is 3.17. The maximum atomic E-state index is 10.5. The largest absolute Gasteiger partial charge is 0.479 e. The normalized spacial score (nSPS) is 12.2. The zero-order chi connectivity index (χ0) is 8.85. The molecule has 0 aromatic rings. The van der Waals surface area contributed by atoms with Gasteiger partial charge < -0.3 is 14.9 Å². The fourth-order valence-electron chi connectivity index (χ4n) is 0.382. The van der Waals surface area contributed by atoms with Crippen LogP contribution in [-0.4, -0.2) is 34.9 Å². The monoisotopic (exact) mass is 162 g/mol. The summed E-state index contributed by atoms with van der Waals surface area (Å²) in [7, 11) is 0. The number of hydrogen-bond acceptors (Lipinski definition) is 4. The van der Waals surface area contributed by atoms with Crippen LogP contribution in [0.5, 0.6) is 0 Å². The minimum Gasteiger partial charge on any atom is -0.479 e. The molecule has 64 valence electrons. The van der Waals surface area contributed by atoms with Gasteiger partial charge in [-0.25, -0.2) is 9.59 Å². The van der Waals surface area contributed by atoms with Gasteiger partial charge in [-0.05, 0) is 6.42 Å². The molecule has 0 heterocycles. The van der Waals surface area contributed by atoms with E-state index in [0.717, 1.165) is 0 Å². The summed E-state index contributed by atoms with van der Waals surface area (Å²) in [6, 6.07) is 0. The second-order valence-corrected chi connectivity index (χ2v) is 1.91. The lowest BCUT2D eigenvalue weighted by Gasteiger charge is -2.04. The number of rotatable bonds is 4. The van der Waals surface area contributed by atoms with Crippen molar-refractivity contribution in [1.29, 1.82) is 0 Å². The smallest absolute Gasteiger partial charge is 0.346 e. The number of carbonyl (C=O) groups excluding carboxylic acids is 1. The van der Waals surface area contributed by atoms with Crippen molar-refractivity contribution in [2.75, 3.05) is 6.61 Å². The zero-order valence-electron chi connectivity index (χ0n) is 6.11. The average Bonchev–Trinajstić information content (AvgIpc) is 1.98. The van der Waals surface area contributed by atoms with Crippen molar-refractivity contribution in [1.82, 2.24) is 0 Å². The Morgan fingerprint density at radius 1 is 1.55 bits per heavy atom. The molecule has 0 bridgehead atoms. The summed E-state index contributed by atoms with van der Waals surface area (Å²) in [4.78, 5) is 20.4. The Bertz CT molecular complexity index is 153. The Hall–Kier alpha value is -1.10. The van der Waals surface area contributed by atoms with Gasteiger partial charge in [-0.1, -0.05) is 6.92 Å². The molecule has 0 aliphatic carbocycles. The molecule has 5 heteroatoms. The van der Waals surface area contributed by atoms with Crippen molar-refractivity contribution in [3.8, 4) is 0 Å². The molecule has 0 saturated heterocycles. The van der Waals surface area contributed by atoms with Gasteiger partial charge >= 0.3 is 11.9 Å². The fourth-order valence-corrected chi connectivity index (χ4v) is 0.382. The van der Waals surface area contributed by atoms with Crippen molar-refractivity contribution < 1.29 is 24.5 Å². The molecule has 0 amide bonds. The number of carbonyl (C=O) groups is 2. The van der Waals surface area contributed by atoms with E-state index in [9.17, 15) is 9.59 Å². The summed E-state index contributed by atoms with van der Waals surface area (Å²) in [5, 5.41) is 16.6. The van der Waals surface area contributed by atoms with Crippen molar-refractivity contribution in [2.24, 2.45) is 0 Å². The highest BCUT2D eigenvalue weighted by Gasteiger charge is 2.23. The van der Waals surface area contributed by atoms with Crippen LogP contribution < -0.4 is 0 Å². The predicted octanol–water partition coefficient (Wildman–Crippen LogP) is -0.615. The Morgan fingerprint density at radius 3 is 2.45 bits per heavy atom. The van der Waals surface area contributed by atoms with E-state index >= 15 is 0 Å². The molecule has 0 aliphatic heterocycles. The van der Waals surface area contributed by atoms with Gasteiger partial charge in [0.15, 0.2) is 0 Å². The third-order valence-corrected chi connectivity index (χ3v) is 0.906. The lowest BCUT2D eigenvalue weighted by Crippen LogP contribution is -2.31. The van der Waals surface area contributed by atoms with E-state index in [1.165, 1.54) is 0 Å². The van der Waals surface area contributed by atoms with Crippen LogP contribution in [0.2, 0.25) is 0 Å². The average molecular weight is 162 g/mol. The van der Waals surface area contributed by atoms with Gasteiger partial charge in [0.25, 0.3) is 0 Å². The molecule has 1 unspecified atom stereocenters. The minimum absolute atomic E-state index is 0.128. The van der Waals surface area contributed by atoms with Crippen LogP contribution in [0.3, 0.4) is 0 Å². The lowest BCUT2D eigenvalue weighted by molar-refractivity contribution is -0.165. The summed E-state index contributed by atoms with van der Waals surface area (Å²) in [5.74, 6) is -2.70. The lowest BCUT2D eigenvalue weighted by atomic mass is 10.4. The van der Waals surface area contributed by atoms with Crippen molar-refractivity contribution in [2.45, 2.75) is 19.4 Å². The van der Waals surface area contributed by atoms with Gasteiger partial charge in [0, 0.05) is 0 Å². The summed E-state index contributed by atoms with van der Waals surface area (Å²) < 4.78 is 4.34. The molecule has 0 aromatic carbocycles. The van der Waals surface area contributed by atoms with Crippen LogP contribution >= 0.6 is 0 Å². The molecule has 0 fully saturated rings. The van der Waals surface area contributed by atoms with E-state index in [0.29, 0.717) is 6.42 Å². The third-order valence-electron chi connectivity index (χ3n) is 0.906. The number of carboxylic acids is 1. The SMILES string of the molecule is CCCOC(=O)C(O)C(=O)O. The van der Waals surface area contributed by atoms with E-state index in [-0.39, 0.29) is 6.61 Å². The van der Waals surface area contributed by atoms with Gasteiger partial charge in [-0.3, -0.25) is 0 Å². The Balaban J connectivity index is 3.74. The number of aliphatic carboxylic acids is 1. The van der Waals surface area contributed by atoms with Crippen LogP contribution in [0, 0.1) is 0 Å². The molecule has 11 heavy (non-hydrogen) atoms. The van der Waals surface area contributed by atoms with Crippen molar-refractivity contribution in [3.05, 3.63) is 0 Å². The molecule has 0 aromatic heterocycles. The number of ether oxygens (including phenoxy) is 1. The molecule has 0 saturated carbocycles. The second kappa shape index (κ2) is 4.68. The number of aliphatic hydroxyl groups is 1. The molecule has 5 nitrogen and oxygen atoms in total. The van der Waals surface area contributed by atoms with Crippen LogP contribution in [0.25, 0.3) is 0 Å². The van der Waals surface area contributed by atoms with Gasteiger partial charge in [0.2, 0.25) is 6.10 Å². The fraction of sp³-hybridized carbons (Fsp3) is 0.667. The maximum Gasteiger partial charge on any atom is 0.346 e. The number of esters is 1. The van der Waals surface area contributed by atoms with Gasteiger partial charge in [-0.15, -0.1) is 0 Å². The van der Waals surface area contributed by atoms with Gasteiger partial charge in [0.05, 0.1) is 6.61 Å².